The third-order valence-corrected chi connectivity index (χ3v) is 3.87. The fraction of sp³-hybridized carbons (Fsp3) is 0.875. The molecule has 0 rings (SSSR count). The van der Waals surface area contributed by atoms with Crippen LogP contribution in [-0.4, -0.2) is 27.8 Å². The Morgan fingerprint density at radius 1 is 1.50 bits per heavy atom. The first-order valence-corrected chi connectivity index (χ1v) is 5.29. The highest BCUT2D eigenvalue weighted by molar-refractivity contribution is 7.87. The summed E-state index contributed by atoms with van der Waals surface area (Å²) in [5, 5.41) is -0.455. The van der Waals surface area contributed by atoms with Crippen molar-refractivity contribution in [1.82, 2.24) is 0 Å². The average Bonchev–Trinajstić information content (AvgIpc) is 2.12. The molecule has 12 heavy (non-hydrogen) atoms. The molecule has 0 fully saturated rings. The van der Waals surface area contributed by atoms with Crippen LogP contribution in [-0.2, 0) is 20.3 Å². The molecule has 3 unspecified atom stereocenters. The molecule has 0 aliphatic heterocycles. The second kappa shape index (κ2) is 5.30. The summed E-state index contributed by atoms with van der Waals surface area (Å²) < 4.78 is 16.0. The molecule has 0 aromatic heterocycles. The molecular weight excluding hydrogens is 176 g/mol. The van der Waals surface area contributed by atoms with E-state index in [4.69, 9.17) is 0 Å². The summed E-state index contributed by atoms with van der Waals surface area (Å²) >= 11 is 0. The van der Waals surface area contributed by atoms with Gasteiger partial charge in [0.15, 0.2) is 0 Å². The highest BCUT2D eigenvalue weighted by Crippen LogP contribution is 2.08. The van der Waals surface area contributed by atoms with Crippen LogP contribution in [0.1, 0.15) is 27.2 Å². The minimum atomic E-state index is -1.11. The molecule has 0 spiro atoms. The summed E-state index contributed by atoms with van der Waals surface area (Å²) in [5.41, 5.74) is 0. The molecule has 0 radical (unpaired) electrons. The highest BCUT2D eigenvalue weighted by atomic mass is 32.2. The van der Waals surface area contributed by atoms with E-state index in [1.165, 1.54) is 7.11 Å². The van der Waals surface area contributed by atoms with Crippen LogP contribution < -0.4 is 0 Å². The predicted molar refractivity (Wildman–Crippen MR) is 49.4 cm³/mol. The van der Waals surface area contributed by atoms with Gasteiger partial charge in [0.2, 0.25) is 0 Å². The van der Waals surface area contributed by atoms with Crippen molar-refractivity contribution < 1.29 is 13.7 Å². The molecule has 0 aliphatic rings. The van der Waals surface area contributed by atoms with Gasteiger partial charge in [0.05, 0.1) is 7.11 Å². The quantitative estimate of drug-likeness (QED) is 0.626. The summed E-state index contributed by atoms with van der Waals surface area (Å²) in [6.07, 6.45) is 0.813. The Hall–Kier alpha value is -0.380. The van der Waals surface area contributed by atoms with Gasteiger partial charge >= 0.3 is 5.97 Å². The van der Waals surface area contributed by atoms with Crippen molar-refractivity contribution >= 4 is 16.8 Å². The molecule has 0 saturated carbocycles. The molecule has 0 N–H and O–H groups in total. The SMILES string of the molecule is CCC(C)S(=O)C(C)C(=O)OC. The number of esters is 1. The fourth-order valence-electron chi connectivity index (χ4n) is 0.774. The number of rotatable bonds is 4. The van der Waals surface area contributed by atoms with E-state index in [2.05, 4.69) is 4.74 Å². The Labute approximate surface area is 75.9 Å². The minimum Gasteiger partial charge on any atom is -0.468 e. The Kier molecular flexibility index (Phi) is 5.13. The van der Waals surface area contributed by atoms with Gasteiger partial charge < -0.3 is 4.74 Å². The molecular formula is C8H16O3S. The summed E-state index contributed by atoms with van der Waals surface area (Å²) in [4.78, 5) is 11.0. The summed E-state index contributed by atoms with van der Waals surface area (Å²) in [6.45, 7) is 5.45. The van der Waals surface area contributed by atoms with Gasteiger partial charge in [-0.25, -0.2) is 0 Å². The van der Waals surface area contributed by atoms with E-state index in [0.717, 1.165) is 6.42 Å². The van der Waals surface area contributed by atoms with Crippen LogP contribution in [0.25, 0.3) is 0 Å². The van der Waals surface area contributed by atoms with E-state index in [-0.39, 0.29) is 5.25 Å². The van der Waals surface area contributed by atoms with Crippen molar-refractivity contribution in [3.63, 3.8) is 0 Å². The van der Waals surface area contributed by atoms with E-state index in [1.54, 1.807) is 6.92 Å². The fourth-order valence-corrected chi connectivity index (χ4v) is 2.08. The van der Waals surface area contributed by atoms with Gasteiger partial charge in [-0.15, -0.1) is 0 Å². The van der Waals surface area contributed by atoms with Crippen molar-refractivity contribution in [2.45, 2.75) is 37.7 Å². The molecule has 3 nitrogen and oxygen atoms in total. The van der Waals surface area contributed by atoms with Gasteiger partial charge in [-0.2, -0.15) is 0 Å². The number of carbonyl (C=O) groups excluding carboxylic acids is 1. The molecule has 0 amide bonds. The lowest BCUT2D eigenvalue weighted by Crippen LogP contribution is -2.29. The Morgan fingerprint density at radius 3 is 2.33 bits per heavy atom. The van der Waals surface area contributed by atoms with Crippen LogP contribution in [0.2, 0.25) is 0 Å². The number of ether oxygens (including phenoxy) is 1. The third-order valence-electron chi connectivity index (χ3n) is 1.85. The zero-order valence-corrected chi connectivity index (χ0v) is 8.81. The maximum Gasteiger partial charge on any atom is 0.321 e. The van der Waals surface area contributed by atoms with E-state index < -0.39 is 22.0 Å². The van der Waals surface area contributed by atoms with E-state index in [9.17, 15) is 9.00 Å². The molecule has 4 heteroatoms. The topological polar surface area (TPSA) is 43.4 Å². The zero-order chi connectivity index (χ0) is 9.72. The van der Waals surface area contributed by atoms with Crippen molar-refractivity contribution in [3.05, 3.63) is 0 Å². The Balaban J connectivity index is 4.19. The Bertz CT molecular complexity index is 179. The van der Waals surface area contributed by atoms with Crippen LogP contribution in [0.4, 0.5) is 0 Å². The van der Waals surface area contributed by atoms with E-state index in [1.807, 2.05) is 13.8 Å². The van der Waals surface area contributed by atoms with Crippen molar-refractivity contribution in [3.8, 4) is 0 Å². The zero-order valence-electron chi connectivity index (χ0n) is 7.99. The lowest BCUT2D eigenvalue weighted by atomic mass is 10.4. The molecule has 0 heterocycles. The number of carbonyl (C=O) groups is 1. The lowest BCUT2D eigenvalue weighted by Gasteiger charge is -2.13. The van der Waals surface area contributed by atoms with Gasteiger partial charge in [0.1, 0.15) is 5.25 Å². The van der Waals surface area contributed by atoms with E-state index in [0.29, 0.717) is 0 Å². The standard InChI is InChI=1S/C8H16O3S/c1-5-6(2)12(10)7(3)8(9)11-4/h6-7H,5H2,1-4H3. The van der Waals surface area contributed by atoms with Crippen molar-refractivity contribution in [2.75, 3.05) is 7.11 Å². The first-order chi connectivity index (χ1) is 5.54. The summed E-state index contributed by atoms with van der Waals surface area (Å²) in [7, 11) is 0.198. The molecule has 0 bridgehead atoms. The largest absolute Gasteiger partial charge is 0.468 e. The smallest absolute Gasteiger partial charge is 0.321 e. The highest BCUT2D eigenvalue weighted by Gasteiger charge is 2.23. The van der Waals surface area contributed by atoms with Gasteiger partial charge in [-0.05, 0) is 13.3 Å². The summed E-state index contributed by atoms with van der Waals surface area (Å²) in [6, 6.07) is 0. The van der Waals surface area contributed by atoms with Crippen LogP contribution in [0.5, 0.6) is 0 Å². The molecule has 0 aromatic rings. The van der Waals surface area contributed by atoms with Gasteiger partial charge in [0.25, 0.3) is 0 Å². The first kappa shape index (κ1) is 11.6. The molecule has 0 aromatic carbocycles. The first-order valence-electron chi connectivity index (χ1n) is 4.01. The van der Waals surface area contributed by atoms with Crippen LogP contribution in [0.15, 0.2) is 0 Å². The molecule has 3 atom stereocenters. The average molecular weight is 192 g/mol. The van der Waals surface area contributed by atoms with Gasteiger partial charge in [-0.3, -0.25) is 9.00 Å². The Morgan fingerprint density at radius 2 is 2.00 bits per heavy atom. The normalized spacial score (nSPS) is 18.0. The second-order valence-corrected chi connectivity index (χ2v) is 4.88. The predicted octanol–water partition coefficient (Wildman–Crippen LogP) is 1.10. The number of hydrogen-bond acceptors (Lipinski definition) is 3. The lowest BCUT2D eigenvalue weighted by molar-refractivity contribution is -0.139. The monoisotopic (exact) mass is 192 g/mol. The van der Waals surface area contributed by atoms with Gasteiger partial charge in [0, 0.05) is 16.0 Å². The van der Waals surface area contributed by atoms with Crippen LogP contribution >= 0.6 is 0 Å². The van der Waals surface area contributed by atoms with Gasteiger partial charge in [-0.1, -0.05) is 13.8 Å². The van der Waals surface area contributed by atoms with Crippen LogP contribution in [0.3, 0.4) is 0 Å². The number of hydrogen-bond donors (Lipinski definition) is 0. The number of methoxy groups -OCH3 is 1. The molecule has 72 valence electrons. The summed E-state index contributed by atoms with van der Waals surface area (Å²) in [5.74, 6) is -0.395. The second-order valence-electron chi connectivity index (χ2n) is 2.71. The van der Waals surface area contributed by atoms with Crippen LogP contribution in [0, 0.1) is 0 Å². The van der Waals surface area contributed by atoms with Crippen molar-refractivity contribution in [2.24, 2.45) is 0 Å². The third kappa shape index (κ3) is 2.93. The maximum absolute atomic E-state index is 11.5. The van der Waals surface area contributed by atoms with E-state index >= 15 is 0 Å². The molecule has 0 saturated heterocycles. The minimum absolute atomic E-state index is 0.0547. The maximum atomic E-state index is 11.5. The van der Waals surface area contributed by atoms with Crippen molar-refractivity contribution in [1.29, 1.82) is 0 Å². The molecule has 0 aliphatic carbocycles.